The van der Waals surface area contributed by atoms with Crippen LogP contribution in [-0.2, 0) is 12.8 Å². The Bertz CT molecular complexity index is 784. The van der Waals surface area contributed by atoms with Gasteiger partial charge in [0.15, 0.2) is 0 Å². The highest BCUT2D eigenvalue weighted by atomic mass is 35.5. The lowest BCUT2D eigenvalue weighted by atomic mass is 10.2. The van der Waals surface area contributed by atoms with E-state index < -0.39 is 0 Å². The molecule has 0 aromatic carbocycles. The van der Waals surface area contributed by atoms with E-state index in [0.29, 0.717) is 5.69 Å². The van der Waals surface area contributed by atoms with Gasteiger partial charge < -0.3 is 9.80 Å². The number of fused-ring (bicyclic) bond motifs is 1. The molecule has 1 aliphatic heterocycles. The molecule has 3 heterocycles. The Morgan fingerprint density at radius 1 is 1.09 bits per heavy atom. The number of halogens is 1. The molecule has 0 atom stereocenters. The highest BCUT2D eigenvalue weighted by Crippen LogP contribution is 2.29. The van der Waals surface area contributed by atoms with Gasteiger partial charge in [0.25, 0.3) is 5.56 Å². The highest BCUT2D eigenvalue weighted by molar-refractivity contribution is 6.33. The highest BCUT2D eigenvalue weighted by Gasteiger charge is 2.25. The number of hydrogen-bond donors (Lipinski definition) is 1. The number of rotatable bonds is 2. The quantitative estimate of drug-likeness (QED) is 0.885. The summed E-state index contributed by atoms with van der Waals surface area (Å²) in [5.41, 5.74) is 2.85. The second kappa shape index (κ2) is 5.81. The minimum Gasteiger partial charge on any atom is -0.365 e. The molecule has 0 amide bonds. The van der Waals surface area contributed by atoms with E-state index in [9.17, 15) is 4.79 Å². The van der Waals surface area contributed by atoms with Gasteiger partial charge in [0, 0.05) is 37.4 Å². The summed E-state index contributed by atoms with van der Waals surface area (Å²) in [6, 6.07) is 0. The molecule has 0 radical (unpaired) electrons. The molecule has 7 nitrogen and oxygen atoms in total. The summed E-state index contributed by atoms with van der Waals surface area (Å²) in [6.45, 7) is 3.24. The van der Waals surface area contributed by atoms with Gasteiger partial charge in [-0.15, -0.1) is 0 Å². The number of anilines is 2. The van der Waals surface area contributed by atoms with Crippen molar-refractivity contribution in [2.75, 3.05) is 36.0 Å². The van der Waals surface area contributed by atoms with E-state index in [1.54, 1.807) is 12.5 Å². The van der Waals surface area contributed by atoms with Crippen LogP contribution in [0.4, 0.5) is 11.5 Å². The lowest BCUT2D eigenvalue weighted by molar-refractivity contribution is 0.642. The Kier molecular flexibility index (Phi) is 3.65. The first-order valence-electron chi connectivity index (χ1n) is 7.80. The van der Waals surface area contributed by atoms with Crippen LogP contribution in [0.5, 0.6) is 0 Å². The Hall–Kier alpha value is -2.15. The van der Waals surface area contributed by atoms with Gasteiger partial charge in [-0.3, -0.25) is 4.79 Å². The molecule has 8 heteroatoms. The molecule has 2 aromatic heterocycles. The molecule has 23 heavy (non-hydrogen) atoms. The van der Waals surface area contributed by atoms with Gasteiger partial charge in [0.2, 0.25) is 0 Å². The largest absolute Gasteiger partial charge is 0.365 e. The molecular formula is C15H17ClN6O. The predicted octanol–water partition coefficient (Wildman–Crippen LogP) is 1.03. The average molecular weight is 333 g/mol. The smallest absolute Gasteiger partial charge is 0.285 e. The number of aryl methyl sites for hydroxylation is 1. The van der Waals surface area contributed by atoms with Crippen molar-refractivity contribution in [1.82, 2.24) is 20.2 Å². The Morgan fingerprint density at radius 2 is 1.87 bits per heavy atom. The third kappa shape index (κ3) is 2.55. The van der Waals surface area contributed by atoms with Crippen molar-refractivity contribution in [3.8, 4) is 0 Å². The molecule has 1 N–H and O–H groups in total. The molecule has 2 aliphatic rings. The van der Waals surface area contributed by atoms with Crippen LogP contribution in [0.1, 0.15) is 17.7 Å². The standard InChI is InChI=1S/C15H17ClN6O/c16-13-12(8-19-20-15(13)23)21-4-6-22(7-5-21)14-10-2-1-3-11(10)17-9-18-14/h8-9H,1-7H2,(H,20,23). The van der Waals surface area contributed by atoms with Crippen LogP contribution < -0.4 is 15.4 Å². The number of H-pyrrole nitrogens is 1. The first kappa shape index (κ1) is 14.4. The minimum atomic E-state index is -0.347. The normalized spacial score (nSPS) is 17.4. The van der Waals surface area contributed by atoms with Crippen molar-refractivity contribution in [3.63, 3.8) is 0 Å². The lowest BCUT2D eigenvalue weighted by Gasteiger charge is -2.37. The molecule has 120 valence electrons. The van der Waals surface area contributed by atoms with Crippen LogP contribution in [0.3, 0.4) is 0 Å². The third-order valence-electron chi connectivity index (χ3n) is 4.55. The average Bonchev–Trinajstić information content (AvgIpc) is 3.06. The zero-order valence-electron chi connectivity index (χ0n) is 12.6. The van der Waals surface area contributed by atoms with Crippen molar-refractivity contribution >= 4 is 23.1 Å². The van der Waals surface area contributed by atoms with Crippen molar-refractivity contribution < 1.29 is 0 Å². The molecule has 1 saturated heterocycles. The van der Waals surface area contributed by atoms with Gasteiger partial charge in [-0.2, -0.15) is 5.10 Å². The number of aromatic amines is 1. The van der Waals surface area contributed by atoms with E-state index in [0.717, 1.165) is 51.3 Å². The Morgan fingerprint density at radius 3 is 2.70 bits per heavy atom. The number of nitrogens with zero attached hydrogens (tertiary/aromatic N) is 5. The number of piperazine rings is 1. The molecular weight excluding hydrogens is 316 g/mol. The summed E-state index contributed by atoms with van der Waals surface area (Å²) in [6.07, 6.45) is 6.56. The summed E-state index contributed by atoms with van der Waals surface area (Å²) < 4.78 is 0. The van der Waals surface area contributed by atoms with Crippen LogP contribution in [0, 0.1) is 0 Å². The van der Waals surface area contributed by atoms with E-state index in [2.05, 4.69) is 30.0 Å². The molecule has 1 aliphatic carbocycles. The van der Waals surface area contributed by atoms with Crippen LogP contribution in [0.15, 0.2) is 17.3 Å². The van der Waals surface area contributed by atoms with E-state index in [4.69, 9.17) is 11.6 Å². The van der Waals surface area contributed by atoms with Crippen molar-refractivity contribution in [1.29, 1.82) is 0 Å². The monoisotopic (exact) mass is 332 g/mol. The zero-order chi connectivity index (χ0) is 15.8. The molecule has 1 fully saturated rings. The first-order chi connectivity index (χ1) is 11.2. The van der Waals surface area contributed by atoms with Crippen molar-refractivity contribution in [2.45, 2.75) is 19.3 Å². The van der Waals surface area contributed by atoms with Gasteiger partial charge in [-0.1, -0.05) is 11.6 Å². The van der Waals surface area contributed by atoms with Crippen LogP contribution in [0.25, 0.3) is 0 Å². The zero-order valence-corrected chi connectivity index (χ0v) is 13.4. The van der Waals surface area contributed by atoms with Gasteiger partial charge >= 0.3 is 0 Å². The van der Waals surface area contributed by atoms with E-state index >= 15 is 0 Å². The fourth-order valence-electron chi connectivity index (χ4n) is 3.37. The van der Waals surface area contributed by atoms with Gasteiger partial charge in [-0.05, 0) is 19.3 Å². The topological polar surface area (TPSA) is 78.0 Å². The summed E-state index contributed by atoms with van der Waals surface area (Å²) in [4.78, 5) is 24.9. The van der Waals surface area contributed by atoms with Gasteiger partial charge in [-0.25, -0.2) is 15.1 Å². The maximum Gasteiger partial charge on any atom is 0.285 e. The molecule has 0 bridgehead atoms. The summed E-state index contributed by atoms with van der Waals surface area (Å²) in [5.74, 6) is 1.07. The number of nitrogens with one attached hydrogen (secondary N) is 1. The maximum atomic E-state index is 11.6. The molecule has 0 unspecified atom stereocenters. The SMILES string of the molecule is O=c1[nH]ncc(N2CCN(c3ncnc4c3CCC4)CC2)c1Cl. The molecule has 2 aromatic rings. The van der Waals surface area contributed by atoms with Gasteiger partial charge in [0.05, 0.1) is 11.9 Å². The predicted molar refractivity (Wildman–Crippen MR) is 88.4 cm³/mol. The van der Waals surface area contributed by atoms with Crippen molar-refractivity contribution in [3.05, 3.63) is 39.2 Å². The van der Waals surface area contributed by atoms with Gasteiger partial charge in [0.1, 0.15) is 17.2 Å². The Balaban J connectivity index is 1.53. The molecule has 0 spiro atoms. The fraction of sp³-hybridized carbons (Fsp3) is 0.467. The van der Waals surface area contributed by atoms with E-state index in [1.807, 2.05) is 0 Å². The number of hydrogen-bond acceptors (Lipinski definition) is 6. The lowest BCUT2D eigenvalue weighted by Crippen LogP contribution is -2.47. The summed E-state index contributed by atoms with van der Waals surface area (Å²) in [7, 11) is 0. The molecule has 0 saturated carbocycles. The second-order valence-electron chi connectivity index (χ2n) is 5.85. The van der Waals surface area contributed by atoms with Crippen molar-refractivity contribution in [2.24, 2.45) is 0 Å². The number of aromatic nitrogens is 4. The fourth-order valence-corrected chi connectivity index (χ4v) is 3.58. The second-order valence-corrected chi connectivity index (χ2v) is 6.23. The van der Waals surface area contributed by atoms with Crippen LogP contribution >= 0.6 is 11.6 Å². The van der Waals surface area contributed by atoms with E-state index in [1.165, 1.54) is 11.3 Å². The third-order valence-corrected chi connectivity index (χ3v) is 4.91. The van der Waals surface area contributed by atoms with E-state index in [-0.39, 0.29) is 10.6 Å². The summed E-state index contributed by atoms with van der Waals surface area (Å²) >= 11 is 6.10. The first-order valence-corrected chi connectivity index (χ1v) is 8.17. The molecule has 4 rings (SSSR count). The van der Waals surface area contributed by atoms with Crippen LogP contribution in [0.2, 0.25) is 5.02 Å². The minimum absolute atomic E-state index is 0.205. The van der Waals surface area contributed by atoms with Crippen LogP contribution in [-0.4, -0.2) is 46.3 Å². The summed E-state index contributed by atoms with van der Waals surface area (Å²) in [5, 5.41) is 6.40. The Labute approximate surface area is 138 Å². The maximum absolute atomic E-state index is 11.6.